The van der Waals surface area contributed by atoms with Crippen LogP contribution in [0.2, 0.25) is 0 Å². The number of benzene rings is 3. The lowest BCUT2D eigenvalue weighted by Gasteiger charge is -2.35. The Hall–Kier alpha value is -4.46. The van der Waals surface area contributed by atoms with Gasteiger partial charge in [0.25, 0.3) is 11.8 Å². The van der Waals surface area contributed by atoms with Crippen LogP contribution in [0.25, 0.3) is 16.9 Å². The molecule has 218 valence electrons. The molecule has 0 bridgehead atoms. The number of nitrogens with zero attached hydrogens (tertiary/aromatic N) is 3. The van der Waals surface area contributed by atoms with Gasteiger partial charge in [0.1, 0.15) is 17.4 Å². The lowest BCUT2D eigenvalue weighted by atomic mass is 9.86. The smallest absolute Gasteiger partial charge is 0.255 e. The van der Waals surface area contributed by atoms with Crippen LogP contribution in [0.4, 0.5) is 8.78 Å². The maximum absolute atomic E-state index is 15.0. The Kier molecular flexibility index (Phi) is 7.91. The number of methoxy groups -OCH3 is 1. The summed E-state index contributed by atoms with van der Waals surface area (Å²) in [7, 11) is 1.57. The predicted octanol–water partition coefficient (Wildman–Crippen LogP) is 6.64. The Labute approximate surface area is 245 Å². The topological polar surface area (TPSA) is 54.8 Å². The van der Waals surface area contributed by atoms with Gasteiger partial charge in [0.15, 0.2) is 0 Å². The molecule has 6 nitrogen and oxygen atoms in total. The van der Waals surface area contributed by atoms with Gasteiger partial charge in [-0.05, 0) is 78.1 Å². The standard InChI is InChI=1S/C34H35F2N3O3/c1-22-28(21-31(23-8-13-27(42-5)14-9-23)39(22)30-15-12-26(35)20-29(30)36)33(41)38-18-16-37(17-19-38)32(40)24-6-10-25(11-7-24)34(2,3)4/h6-15,20-21H,16-19H2,1-5H3. The molecule has 0 N–H and O–H groups in total. The second kappa shape index (κ2) is 11.4. The normalized spacial score (nSPS) is 13.8. The maximum atomic E-state index is 15.0. The molecule has 0 aliphatic carbocycles. The monoisotopic (exact) mass is 571 g/mol. The Bertz CT molecular complexity index is 1610. The second-order valence-electron chi connectivity index (χ2n) is 11.6. The van der Waals surface area contributed by atoms with E-state index in [1.54, 1.807) is 46.6 Å². The fourth-order valence-corrected chi connectivity index (χ4v) is 5.35. The van der Waals surface area contributed by atoms with E-state index in [2.05, 4.69) is 20.8 Å². The SMILES string of the molecule is COc1ccc(-c2cc(C(=O)N3CCN(C(=O)c4ccc(C(C)(C)C)cc4)CC3)c(C)n2-c2ccc(F)cc2F)cc1. The van der Waals surface area contributed by atoms with E-state index in [0.29, 0.717) is 54.4 Å². The van der Waals surface area contributed by atoms with Crippen molar-refractivity contribution in [3.63, 3.8) is 0 Å². The molecule has 0 spiro atoms. The molecule has 1 fully saturated rings. The van der Waals surface area contributed by atoms with E-state index in [-0.39, 0.29) is 22.9 Å². The summed E-state index contributed by atoms with van der Waals surface area (Å²) in [6.45, 7) is 9.71. The van der Waals surface area contributed by atoms with Gasteiger partial charge in [-0.15, -0.1) is 0 Å². The van der Waals surface area contributed by atoms with Crippen LogP contribution in [0.5, 0.6) is 5.75 Å². The number of carbonyl (C=O) groups excluding carboxylic acids is 2. The van der Waals surface area contributed by atoms with Gasteiger partial charge in [0.05, 0.1) is 24.1 Å². The van der Waals surface area contributed by atoms with E-state index in [9.17, 15) is 14.0 Å². The molecule has 2 amide bonds. The molecular formula is C34H35F2N3O3. The summed E-state index contributed by atoms with van der Waals surface area (Å²) in [5.74, 6) is -1.01. The molecule has 0 radical (unpaired) electrons. The van der Waals surface area contributed by atoms with Crippen LogP contribution >= 0.6 is 0 Å². The summed E-state index contributed by atoms with van der Waals surface area (Å²) in [6.07, 6.45) is 0. The van der Waals surface area contributed by atoms with Crippen molar-refractivity contribution in [2.24, 2.45) is 0 Å². The van der Waals surface area contributed by atoms with E-state index in [1.807, 2.05) is 36.4 Å². The Morgan fingerprint density at radius 1 is 0.786 bits per heavy atom. The lowest BCUT2D eigenvalue weighted by molar-refractivity contribution is 0.0535. The molecule has 1 aliphatic rings. The summed E-state index contributed by atoms with van der Waals surface area (Å²) >= 11 is 0. The zero-order valence-corrected chi connectivity index (χ0v) is 24.6. The van der Waals surface area contributed by atoms with Crippen LogP contribution in [0.3, 0.4) is 0 Å². The Morgan fingerprint density at radius 2 is 1.38 bits per heavy atom. The molecule has 0 saturated carbocycles. The van der Waals surface area contributed by atoms with Crippen LogP contribution in [-0.4, -0.2) is 59.5 Å². The van der Waals surface area contributed by atoms with Gasteiger partial charge in [-0.3, -0.25) is 9.59 Å². The molecule has 1 saturated heterocycles. The van der Waals surface area contributed by atoms with Crippen molar-refractivity contribution in [2.75, 3.05) is 33.3 Å². The van der Waals surface area contributed by atoms with Crippen molar-refractivity contribution in [1.82, 2.24) is 14.4 Å². The van der Waals surface area contributed by atoms with Crippen LogP contribution in [-0.2, 0) is 5.41 Å². The number of carbonyl (C=O) groups is 2. The van der Waals surface area contributed by atoms with E-state index in [4.69, 9.17) is 4.74 Å². The summed E-state index contributed by atoms with van der Waals surface area (Å²) in [5, 5.41) is 0. The molecule has 2 heterocycles. The van der Waals surface area contributed by atoms with Gasteiger partial charge >= 0.3 is 0 Å². The maximum Gasteiger partial charge on any atom is 0.255 e. The third-order valence-corrected chi connectivity index (χ3v) is 7.87. The van der Waals surface area contributed by atoms with Crippen molar-refractivity contribution in [3.8, 4) is 22.7 Å². The molecule has 1 aromatic heterocycles. The zero-order chi connectivity index (χ0) is 30.2. The van der Waals surface area contributed by atoms with Gasteiger partial charge in [-0.1, -0.05) is 32.9 Å². The number of aromatic nitrogens is 1. The van der Waals surface area contributed by atoms with Crippen LogP contribution in [0, 0.1) is 18.6 Å². The van der Waals surface area contributed by atoms with E-state index < -0.39 is 11.6 Å². The van der Waals surface area contributed by atoms with Crippen molar-refractivity contribution >= 4 is 11.8 Å². The lowest BCUT2D eigenvalue weighted by Crippen LogP contribution is -2.50. The summed E-state index contributed by atoms with van der Waals surface area (Å²) in [5.41, 5.74) is 4.22. The van der Waals surface area contributed by atoms with Gasteiger partial charge in [0, 0.05) is 43.5 Å². The van der Waals surface area contributed by atoms with E-state index in [1.165, 1.54) is 12.1 Å². The summed E-state index contributed by atoms with van der Waals surface area (Å²) in [6, 6.07) is 20.1. The Morgan fingerprint density at radius 3 is 1.93 bits per heavy atom. The average Bonchev–Trinajstić information content (AvgIpc) is 3.32. The van der Waals surface area contributed by atoms with Crippen molar-refractivity contribution in [3.05, 3.63) is 107 Å². The highest BCUT2D eigenvalue weighted by Gasteiger charge is 2.29. The highest BCUT2D eigenvalue weighted by Crippen LogP contribution is 2.33. The number of halogens is 2. The van der Waals surface area contributed by atoms with Gasteiger partial charge in [-0.25, -0.2) is 8.78 Å². The number of hydrogen-bond acceptors (Lipinski definition) is 3. The molecule has 0 atom stereocenters. The Balaban J connectivity index is 1.39. The van der Waals surface area contributed by atoms with E-state index >= 15 is 4.39 Å². The summed E-state index contributed by atoms with van der Waals surface area (Å²) in [4.78, 5) is 30.5. The molecule has 3 aromatic carbocycles. The molecule has 5 rings (SSSR count). The fraction of sp³-hybridized carbons (Fsp3) is 0.294. The first-order valence-corrected chi connectivity index (χ1v) is 14.0. The minimum absolute atomic E-state index is 0.000353. The van der Waals surface area contributed by atoms with Crippen LogP contribution in [0.1, 0.15) is 52.7 Å². The summed E-state index contributed by atoms with van der Waals surface area (Å²) < 4.78 is 35.7. The van der Waals surface area contributed by atoms with Crippen molar-refractivity contribution in [1.29, 1.82) is 0 Å². The third-order valence-electron chi connectivity index (χ3n) is 7.87. The van der Waals surface area contributed by atoms with Gasteiger partial charge < -0.3 is 19.1 Å². The largest absolute Gasteiger partial charge is 0.497 e. The minimum atomic E-state index is -0.731. The third kappa shape index (κ3) is 5.66. The number of amides is 2. The predicted molar refractivity (Wildman–Crippen MR) is 159 cm³/mol. The van der Waals surface area contributed by atoms with E-state index in [0.717, 1.165) is 17.2 Å². The highest BCUT2D eigenvalue weighted by atomic mass is 19.1. The minimum Gasteiger partial charge on any atom is -0.497 e. The quantitative estimate of drug-likeness (QED) is 0.270. The number of piperazine rings is 1. The molecule has 1 aliphatic heterocycles. The number of hydrogen-bond donors (Lipinski definition) is 0. The average molecular weight is 572 g/mol. The van der Waals surface area contributed by atoms with Crippen molar-refractivity contribution < 1.29 is 23.1 Å². The molecule has 4 aromatic rings. The zero-order valence-electron chi connectivity index (χ0n) is 24.6. The first-order chi connectivity index (χ1) is 20.0. The first kappa shape index (κ1) is 29.0. The second-order valence-corrected chi connectivity index (χ2v) is 11.6. The number of rotatable bonds is 5. The molecule has 42 heavy (non-hydrogen) atoms. The molecule has 8 heteroatoms. The highest BCUT2D eigenvalue weighted by molar-refractivity contribution is 5.98. The van der Waals surface area contributed by atoms with Gasteiger partial charge in [-0.2, -0.15) is 0 Å². The number of ether oxygens (including phenoxy) is 1. The first-order valence-electron chi connectivity index (χ1n) is 14.0. The molecular weight excluding hydrogens is 536 g/mol. The fourth-order valence-electron chi connectivity index (χ4n) is 5.35. The van der Waals surface area contributed by atoms with Crippen LogP contribution < -0.4 is 4.74 Å². The van der Waals surface area contributed by atoms with Crippen LogP contribution in [0.15, 0.2) is 72.8 Å². The van der Waals surface area contributed by atoms with Gasteiger partial charge in [0.2, 0.25) is 0 Å². The molecule has 0 unspecified atom stereocenters. The van der Waals surface area contributed by atoms with Crippen molar-refractivity contribution in [2.45, 2.75) is 33.1 Å².